The van der Waals surface area contributed by atoms with E-state index >= 15 is 0 Å². The molecule has 0 spiro atoms. The first-order chi connectivity index (χ1) is 8.83. The molecular weight excluding hydrogens is 230 g/mol. The lowest BCUT2D eigenvalue weighted by Gasteiger charge is -2.33. The average Bonchev–Trinajstić information content (AvgIpc) is 3.02. The van der Waals surface area contributed by atoms with Gasteiger partial charge in [0.05, 0.1) is 12.6 Å². The Bertz CT molecular complexity index is 492. The van der Waals surface area contributed by atoms with Crippen LogP contribution in [0.25, 0.3) is 0 Å². The summed E-state index contributed by atoms with van der Waals surface area (Å²) in [5.74, 6) is 2.41. The highest BCUT2D eigenvalue weighted by Gasteiger charge is 2.26. The second kappa shape index (κ2) is 4.89. The van der Waals surface area contributed by atoms with Gasteiger partial charge in [0.2, 0.25) is 5.89 Å². The molecule has 1 saturated heterocycles. The van der Waals surface area contributed by atoms with Crippen molar-refractivity contribution < 1.29 is 4.52 Å². The number of H-pyrrole nitrogens is 1. The molecule has 1 atom stereocenters. The number of likely N-dealkylation sites (tertiary alicyclic amines) is 1. The summed E-state index contributed by atoms with van der Waals surface area (Å²) in [6.45, 7) is 3.60. The van der Waals surface area contributed by atoms with Crippen molar-refractivity contribution in [3.63, 3.8) is 0 Å². The Morgan fingerprint density at radius 1 is 1.50 bits per heavy atom. The number of rotatable bonds is 3. The van der Waals surface area contributed by atoms with E-state index in [-0.39, 0.29) is 0 Å². The van der Waals surface area contributed by atoms with Gasteiger partial charge in [-0.25, -0.2) is 4.98 Å². The van der Waals surface area contributed by atoms with E-state index in [1.807, 2.05) is 13.1 Å². The second-order valence-electron chi connectivity index (χ2n) is 4.69. The Morgan fingerprint density at radius 2 is 2.44 bits per heavy atom. The van der Waals surface area contributed by atoms with Gasteiger partial charge in [-0.1, -0.05) is 11.6 Å². The molecule has 0 bridgehead atoms. The maximum Gasteiger partial charge on any atom is 0.223 e. The largest absolute Gasteiger partial charge is 0.347 e. The average molecular weight is 247 g/mol. The monoisotopic (exact) mass is 247 g/mol. The van der Waals surface area contributed by atoms with Crippen LogP contribution in [0.5, 0.6) is 0 Å². The standard InChI is InChI=1S/C12H17N5O/c1-9-15-11(16-18-9)8-17-7-3-2-4-10(17)12-13-5-6-14-12/h5-6,10H,2-4,7-8H2,1H3,(H,13,14)/t10-/m0/s1. The Balaban J connectivity index is 1.76. The van der Waals surface area contributed by atoms with Crippen LogP contribution in [-0.4, -0.2) is 31.6 Å². The molecule has 2 aromatic rings. The molecule has 0 radical (unpaired) electrons. The number of imidazole rings is 1. The summed E-state index contributed by atoms with van der Waals surface area (Å²) in [7, 11) is 0. The summed E-state index contributed by atoms with van der Waals surface area (Å²) < 4.78 is 5.02. The Kier molecular flexibility index (Phi) is 3.10. The van der Waals surface area contributed by atoms with Crippen LogP contribution in [-0.2, 0) is 6.54 Å². The molecule has 3 heterocycles. The predicted octanol–water partition coefficient (Wildman–Crippen LogP) is 1.83. The number of hydrogen-bond donors (Lipinski definition) is 1. The molecule has 0 aromatic carbocycles. The van der Waals surface area contributed by atoms with Gasteiger partial charge in [0, 0.05) is 19.3 Å². The van der Waals surface area contributed by atoms with Crippen molar-refractivity contribution in [1.29, 1.82) is 0 Å². The van der Waals surface area contributed by atoms with E-state index in [4.69, 9.17) is 4.52 Å². The van der Waals surface area contributed by atoms with E-state index in [0.717, 1.165) is 31.2 Å². The molecule has 1 N–H and O–H groups in total. The minimum Gasteiger partial charge on any atom is -0.347 e. The number of nitrogens with one attached hydrogen (secondary N) is 1. The zero-order valence-electron chi connectivity index (χ0n) is 10.5. The van der Waals surface area contributed by atoms with Gasteiger partial charge in [0.1, 0.15) is 5.82 Å². The quantitative estimate of drug-likeness (QED) is 0.896. The van der Waals surface area contributed by atoms with Crippen molar-refractivity contribution >= 4 is 0 Å². The fourth-order valence-corrected chi connectivity index (χ4v) is 2.54. The number of piperidine rings is 1. The van der Waals surface area contributed by atoms with E-state index in [9.17, 15) is 0 Å². The van der Waals surface area contributed by atoms with Crippen LogP contribution in [0.4, 0.5) is 0 Å². The summed E-state index contributed by atoms with van der Waals surface area (Å²) in [5.41, 5.74) is 0. The van der Waals surface area contributed by atoms with E-state index < -0.39 is 0 Å². The van der Waals surface area contributed by atoms with Gasteiger partial charge in [-0.3, -0.25) is 4.90 Å². The highest BCUT2D eigenvalue weighted by Crippen LogP contribution is 2.29. The molecule has 18 heavy (non-hydrogen) atoms. The first-order valence-corrected chi connectivity index (χ1v) is 6.35. The third kappa shape index (κ3) is 2.28. The molecule has 3 rings (SSSR count). The maximum absolute atomic E-state index is 5.02. The number of aryl methyl sites for hydroxylation is 1. The number of aromatic nitrogens is 4. The van der Waals surface area contributed by atoms with E-state index in [2.05, 4.69) is 25.0 Å². The zero-order valence-corrected chi connectivity index (χ0v) is 10.5. The molecule has 1 fully saturated rings. The molecule has 0 aliphatic carbocycles. The van der Waals surface area contributed by atoms with Crippen LogP contribution in [0.15, 0.2) is 16.9 Å². The van der Waals surface area contributed by atoms with E-state index in [1.54, 1.807) is 6.20 Å². The lowest BCUT2D eigenvalue weighted by Crippen LogP contribution is -2.33. The zero-order chi connectivity index (χ0) is 12.4. The highest BCUT2D eigenvalue weighted by molar-refractivity contribution is 4.99. The molecule has 6 nitrogen and oxygen atoms in total. The molecule has 0 saturated carbocycles. The smallest absolute Gasteiger partial charge is 0.223 e. The summed E-state index contributed by atoms with van der Waals surface area (Å²) in [4.78, 5) is 14.2. The van der Waals surface area contributed by atoms with Crippen LogP contribution in [0.1, 0.15) is 42.8 Å². The maximum atomic E-state index is 5.02. The summed E-state index contributed by atoms with van der Waals surface area (Å²) in [6, 6.07) is 0.340. The van der Waals surface area contributed by atoms with Crippen LogP contribution in [0, 0.1) is 6.92 Å². The Labute approximate surface area is 105 Å². The van der Waals surface area contributed by atoms with Gasteiger partial charge in [-0.2, -0.15) is 4.98 Å². The predicted molar refractivity (Wildman–Crippen MR) is 64.6 cm³/mol. The van der Waals surface area contributed by atoms with Gasteiger partial charge >= 0.3 is 0 Å². The van der Waals surface area contributed by atoms with Gasteiger partial charge < -0.3 is 9.51 Å². The SMILES string of the molecule is Cc1nc(CN2CCCC[C@H]2c2ncc[nH]2)no1. The molecule has 2 aromatic heterocycles. The van der Waals surface area contributed by atoms with Crippen molar-refractivity contribution in [1.82, 2.24) is 25.0 Å². The third-order valence-corrected chi connectivity index (χ3v) is 3.36. The highest BCUT2D eigenvalue weighted by atomic mass is 16.5. The molecule has 96 valence electrons. The third-order valence-electron chi connectivity index (χ3n) is 3.36. The normalized spacial score (nSPS) is 21.3. The fourth-order valence-electron chi connectivity index (χ4n) is 2.54. The number of aromatic amines is 1. The summed E-state index contributed by atoms with van der Waals surface area (Å²) >= 11 is 0. The summed E-state index contributed by atoms with van der Waals surface area (Å²) in [6.07, 6.45) is 7.27. The van der Waals surface area contributed by atoms with Crippen molar-refractivity contribution in [2.24, 2.45) is 0 Å². The van der Waals surface area contributed by atoms with Gasteiger partial charge in [0.15, 0.2) is 5.82 Å². The lowest BCUT2D eigenvalue weighted by molar-refractivity contribution is 0.129. The molecule has 0 amide bonds. The minimum atomic E-state index is 0.340. The van der Waals surface area contributed by atoms with Crippen molar-refractivity contribution in [2.75, 3.05) is 6.54 Å². The van der Waals surface area contributed by atoms with Crippen LogP contribution < -0.4 is 0 Å². The van der Waals surface area contributed by atoms with Crippen LogP contribution in [0.2, 0.25) is 0 Å². The fraction of sp³-hybridized carbons (Fsp3) is 0.583. The molecular formula is C12H17N5O. The Morgan fingerprint density at radius 3 is 3.17 bits per heavy atom. The first kappa shape index (κ1) is 11.4. The van der Waals surface area contributed by atoms with E-state index in [1.165, 1.54) is 12.8 Å². The molecule has 6 heteroatoms. The lowest BCUT2D eigenvalue weighted by atomic mass is 10.0. The topological polar surface area (TPSA) is 70.8 Å². The first-order valence-electron chi connectivity index (χ1n) is 6.35. The number of nitrogens with zero attached hydrogens (tertiary/aromatic N) is 4. The number of hydrogen-bond acceptors (Lipinski definition) is 5. The van der Waals surface area contributed by atoms with Crippen LogP contribution >= 0.6 is 0 Å². The van der Waals surface area contributed by atoms with Gasteiger partial charge in [-0.05, 0) is 19.4 Å². The minimum absolute atomic E-state index is 0.340. The molecule has 1 aliphatic heterocycles. The van der Waals surface area contributed by atoms with E-state index in [0.29, 0.717) is 11.9 Å². The molecule has 0 unspecified atom stereocenters. The van der Waals surface area contributed by atoms with Gasteiger partial charge in [0.25, 0.3) is 0 Å². The van der Waals surface area contributed by atoms with Gasteiger partial charge in [-0.15, -0.1) is 0 Å². The summed E-state index contributed by atoms with van der Waals surface area (Å²) in [5, 5.41) is 3.97. The van der Waals surface area contributed by atoms with Crippen LogP contribution in [0.3, 0.4) is 0 Å². The Hall–Kier alpha value is -1.69. The molecule has 1 aliphatic rings. The van der Waals surface area contributed by atoms with Crippen molar-refractivity contribution in [3.05, 3.63) is 29.9 Å². The van der Waals surface area contributed by atoms with Crippen molar-refractivity contribution in [2.45, 2.75) is 38.8 Å². The second-order valence-corrected chi connectivity index (χ2v) is 4.69. The van der Waals surface area contributed by atoms with Crippen molar-refractivity contribution in [3.8, 4) is 0 Å².